The third-order valence-corrected chi connectivity index (χ3v) is 4.59. The van der Waals surface area contributed by atoms with E-state index in [-0.39, 0.29) is 11.7 Å². The molecule has 1 N–H and O–H groups in total. The molecule has 3 rings (SSSR count). The van der Waals surface area contributed by atoms with Crippen molar-refractivity contribution in [2.24, 2.45) is 5.10 Å². The number of rotatable bonds is 3. The van der Waals surface area contributed by atoms with Crippen LogP contribution in [0.15, 0.2) is 51.5 Å². The number of phenolic OH excluding ortho intramolecular Hbond substituents is 1. The molecule has 1 aliphatic heterocycles. The number of hydrogen-bond acceptors (Lipinski definition) is 4. The van der Waals surface area contributed by atoms with Gasteiger partial charge >= 0.3 is 0 Å². The molecular formula is C19H17BrN2O3. The van der Waals surface area contributed by atoms with E-state index >= 15 is 0 Å². The van der Waals surface area contributed by atoms with Crippen molar-refractivity contribution in [3.05, 3.63) is 57.6 Å². The third kappa shape index (κ3) is 3.30. The second-order valence-electron chi connectivity index (χ2n) is 5.74. The van der Waals surface area contributed by atoms with Gasteiger partial charge in [0.15, 0.2) is 11.5 Å². The first kappa shape index (κ1) is 17.2. The largest absolute Gasteiger partial charge is 0.504 e. The van der Waals surface area contributed by atoms with Crippen LogP contribution in [0.2, 0.25) is 0 Å². The fourth-order valence-corrected chi connectivity index (χ4v) is 3.05. The highest BCUT2D eigenvalue weighted by atomic mass is 79.9. The summed E-state index contributed by atoms with van der Waals surface area (Å²) >= 11 is 3.40. The Kier molecular flexibility index (Phi) is 4.63. The minimum absolute atomic E-state index is 0.0287. The van der Waals surface area contributed by atoms with Crippen LogP contribution in [0.3, 0.4) is 0 Å². The zero-order valence-corrected chi connectivity index (χ0v) is 15.7. The molecule has 0 atom stereocenters. The molecule has 2 aromatic rings. The summed E-state index contributed by atoms with van der Waals surface area (Å²) in [7, 11) is 1.48. The van der Waals surface area contributed by atoms with Gasteiger partial charge in [-0.1, -0.05) is 28.1 Å². The van der Waals surface area contributed by atoms with Crippen LogP contribution in [0.25, 0.3) is 6.08 Å². The number of carbonyl (C=O) groups excluding carboxylic acids is 1. The zero-order chi connectivity index (χ0) is 18.1. The van der Waals surface area contributed by atoms with Gasteiger partial charge in [-0.05, 0) is 55.3 Å². The summed E-state index contributed by atoms with van der Waals surface area (Å²) in [6.07, 6.45) is 1.74. The van der Waals surface area contributed by atoms with Crippen LogP contribution >= 0.6 is 15.9 Å². The highest BCUT2D eigenvalue weighted by Gasteiger charge is 2.29. The molecule has 6 heteroatoms. The maximum atomic E-state index is 12.8. The number of halogens is 1. The van der Waals surface area contributed by atoms with Gasteiger partial charge in [-0.15, -0.1) is 0 Å². The van der Waals surface area contributed by atoms with E-state index in [1.165, 1.54) is 18.2 Å². The van der Waals surface area contributed by atoms with Gasteiger partial charge in [0.05, 0.1) is 24.1 Å². The van der Waals surface area contributed by atoms with Crippen molar-refractivity contribution in [3.63, 3.8) is 0 Å². The fourth-order valence-electron chi connectivity index (χ4n) is 2.61. The highest BCUT2D eigenvalue weighted by molar-refractivity contribution is 9.10. The van der Waals surface area contributed by atoms with Gasteiger partial charge in [0.25, 0.3) is 5.91 Å². The van der Waals surface area contributed by atoms with Gasteiger partial charge in [-0.25, -0.2) is 0 Å². The summed E-state index contributed by atoms with van der Waals surface area (Å²) in [5.74, 6) is 0.175. The highest BCUT2D eigenvalue weighted by Crippen LogP contribution is 2.34. The van der Waals surface area contributed by atoms with Crippen LogP contribution in [-0.4, -0.2) is 23.8 Å². The molecule has 128 valence electrons. The second kappa shape index (κ2) is 6.72. The molecule has 1 heterocycles. The van der Waals surface area contributed by atoms with Crippen LogP contribution in [0, 0.1) is 6.92 Å². The minimum atomic E-state index is -0.193. The van der Waals surface area contributed by atoms with Gasteiger partial charge < -0.3 is 9.84 Å². The second-order valence-corrected chi connectivity index (χ2v) is 6.60. The number of benzene rings is 2. The van der Waals surface area contributed by atoms with Crippen LogP contribution in [0.5, 0.6) is 11.5 Å². The van der Waals surface area contributed by atoms with E-state index in [4.69, 9.17) is 4.74 Å². The zero-order valence-electron chi connectivity index (χ0n) is 14.1. The quantitative estimate of drug-likeness (QED) is 0.782. The predicted octanol–water partition coefficient (Wildman–Crippen LogP) is 4.28. The number of nitrogens with zero attached hydrogens (tertiary/aromatic N) is 2. The summed E-state index contributed by atoms with van der Waals surface area (Å²) in [6, 6.07) is 10.8. The number of aromatic hydroxyl groups is 1. The van der Waals surface area contributed by atoms with Crippen molar-refractivity contribution in [3.8, 4) is 11.5 Å². The molecule has 0 saturated heterocycles. The Morgan fingerprint density at radius 2 is 2.00 bits per heavy atom. The molecule has 1 aliphatic rings. The topological polar surface area (TPSA) is 62.1 Å². The summed E-state index contributed by atoms with van der Waals surface area (Å²) in [6.45, 7) is 3.77. The Morgan fingerprint density at radius 3 is 2.68 bits per heavy atom. The maximum absolute atomic E-state index is 12.8. The fraction of sp³-hybridized carbons (Fsp3) is 0.158. The molecule has 0 fully saturated rings. The van der Waals surface area contributed by atoms with Gasteiger partial charge in [0.2, 0.25) is 0 Å². The lowest BCUT2D eigenvalue weighted by atomic mass is 10.1. The van der Waals surface area contributed by atoms with Crippen LogP contribution < -0.4 is 9.75 Å². The van der Waals surface area contributed by atoms with Crippen molar-refractivity contribution < 1.29 is 14.6 Å². The molecule has 0 spiro atoms. The van der Waals surface area contributed by atoms with E-state index < -0.39 is 0 Å². The normalized spacial score (nSPS) is 15.7. The molecule has 5 nitrogen and oxygen atoms in total. The van der Waals surface area contributed by atoms with Gasteiger partial charge in [0, 0.05) is 4.47 Å². The Bertz CT molecular complexity index is 919. The lowest BCUT2D eigenvalue weighted by molar-refractivity contribution is -0.114. The smallest absolute Gasteiger partial charge is 0.280 e. The number of aryl methyl sites for hydroxylation is 1. The molecule has 0 saturated carbocycles. The number of ether oxygens (including phenoxy) is 1. The summed E-state index contributed by atoms with van der Waals surface area (Å²) in [4.78, 5) is 12.8. The lowest BCUT2D eigenvalue weighted by Gasteiger charge is -2.12. The Balaban J connectivity index is 2.01. The number of methoxy groups -OCH3 is 1. The predicted molar refractivity (Wildman–Crippen MR) is 102 cm³/mol. The number of hydrogen-bond donors (Lipinski definition) is 1. The summed E-state index contributed by atoms with van der Waals surface area (Å²) in [5.41, 5.74) is 3.63. The van der Waals surface area contributed by atoms with E-state index in [1.54, 1.807) is 19.1 Å². The number of carbonyl (C=O) groups is 1. The Morgan fingerprint density at radius 1 is 1.24 bits per heavy atom. The standard InChI is InChI=1S/C19H17BrN2O3/c1-11-5-4-6-14(7-11)22-19(24)15(12(2)21-22)8-13-9-18(25-3)17(23)10-16(13)20/h4-10,23H,1-3H3. The number of hydrazone groups is 1. The Labute approximate surface area is 154 Å². The first-order valence-corrected chi connectivity index (χ1v) is 8.45. The molecule has 0 unspecified atom stereocenters. The third-order valence-electron chi connectivity index (χ3n) is 3.91. The molecule has 0 radical (unpaired) electrons. The molecule has 25 heavy (non-hydrogen) atoms. The van der Waals surface area contributed by atoms with E-state index in [0.717, 1.165) is 16.8 Å². The van der Waals surface area contributed by atoms with E-state index in [0.29, 0.717) is 21.5 Å². The number of phenols is 1. The molecule has 0 bridgehead atoms. The molecule has 0 aromatic heterocycles. The van der Waals surface area contributed by atoms with Crippen LogP contribution in [0.1, 0.15) is 18.1 Å². The summed E-state index contributed by atoms with van der Waals surface area (Å²) < 4.78 is 5.80. The molecular weight excluding hydrogens is 384 g/mol. The van der Waals surface area contributed by atoms with Crippen LogP contribution in [0.4, 0.5) is 5.69 Å². The lowest BCUT2D eigenvalue weighted by Crippen LogP contribution is -2.21. The monoisotopic (exact) mass is 400 g/mol. The van der Waals surface area contributed by atoms with E-state index in [9.17, 15) is 9.90 Å². The minimum Gasteiger partial charge on any atom is -0.504 e. The molecule has 1 amide bonds. The van der Waals surface area contributed by atoms with Crippen molar-refractivity contribution in [1.29, 1.82) is 0 Å². The number of anilines is 1. The average molecular weight is 401 g/mol. The van der Waals surface area contributed by atoms with E-state index in [2.05, 4.69) is 21.0 Å². The van der Waals surface area contributed by atoms with Crippen molar-refractivity contribution in [2.45, 2.75) is 13.8 Å². The average Bonchev–Trinajstić information content (AvgIpc) is 2.85. The molecule has 2 aromatic carbocycles. The van der Waals surface area contributed by atoms with E-state index in [1.807, 2.05) is 31.2 Å². The first-order chi connectivity index (χ1) is 11.9. The van der Waals surface area contributed by atoms with Crippen LogP contribution in [-0.2, 0) is 4.79 Å². The van der Waals surface area contributed by atoms with Crippen molar-refractivity contribution in [1.82, 2.24) is 0 Å². The Hall–Kier alpha value is -2.60. The maximum Gasteiger partial charge on any atom is 0.280 e. The van der Waals surface area contributed by atoms with Gasteiger partial charge in [-0.3, -0.25) is 4.79 Å². The van der Waals surface area contributed by atoms with Crippen molar-refractivity contribution in [2.75, 3.05) is 12.1 Å². The first-order valence-electron chi connectivity index (χ1n) is 7.65. The molecule has 0 aliphatic carbocycles. The summed E-state index contributed by atoms with van der Waals surface area (Å²) in [5, 5.41) is 15.6. The van der Waals surface area contributed by atoms with Crippen molar-refractivity contribution >= 4 is 39.3 Å². The van der Waals surface area contributed by atoms with Gasteiger partial charge in [-0.2, -0.15) is 10.1 Å². The van der Waals surface area contributed by atoms with Gasteiger partial charge in [0.1, 0.15) is 0 Å². The number of amides is 1. The SMILES string of the molecule is COc1cc(C=C2C(=O)N(c3cccc(C)c3)N=C2C)c(Br)cc1O.